The molecule has 1 unspecified atom stereocenters. The number of aromatic nitrogens is 2. The van der Waals surface area contributed by atoms with Gasteiger partial charge in [-0.25, -0.2) is 0 Å². The van der Waals surface area contributed by atoms with Crippen molar-refractivity contribution in [3.63, 3.8) is 0 Å². The van der Waals surface area contributed by atoms with Crippen molar-refractivity contribution in [2.45, 2.75) is 19.1 Å². The van der Waals surface area contributed by atoms with Gasteiger partial charge in [0.15, 0.2) is 5.69 Å². The minimum absolute atomic E-state index is 0.101. The molecule has 1 aromatic carbocycles. The number of hydrogen-bond acceptors (Lipinski definition) is 5. The third kappa shape index (κ3) is 4.17. The van der Waals surface area contributed by atoms with Crippen molar-refractivity contribution in [3.05, 3.63) is 41.7 Å². The van der Waals surface area contributed by atoms with Crippen molar-refractivity contribution in [2.75, 3.05) is 6.61 Å². The molecule has 2 aromatic rings. The average Bonchev–Trinajstić information content (AvgIpc) is 2.98. The summed E-state index contributed by atoms with van der Waals surface area (Å²) >= 11 is 0.893. The van der Waals surface area contributed by atoms with Crippen LogP contribution in [0.25, 0.3) is 0 Å². The van der Waals surface area contributed by atoms with Gasteiger partial charge < -0.3 is 10.1 Å². The smallest absolute Gasteiger partial charge is 0.419 e. The van der Waals surface area contributed by atoms with Crippen LogP contribution in [0.1, 0.15) is 23.0 Å². The summed E-state index contributed by atoms with van der Waals surface area (Å²) in [4.78, 5) is 11.7. The molecule has 0 spiro atoms. The topological polar surface area (TPSA) is 64.1 Å². The van der Waals surface area contributed by atoms with Crippen molar-refractivity contribution < 1.29 is 22.7 Å². The summed E-state index contributed by atoms with van der Waals surface area (Å²) in [5, 5.41) is 2.57. The van der Waals surface area contributed by atoms with Crippen LogP contribution >= 0.6 is 11.7 Å². The van der Waals surface area contributed by atoms with Crippen molar-refractivity contribution in [3.8, 4) is 5.75 Å². The highest BCUT2D eigenvalue weighted by atomic mass is 32.1. The number of nitrogens with zero attached hydrogens (tertiary/aromatic N) is 2. The standard InChI is InChI=1S/C13H12F3N3O2S/c1-8(18-12(20)10-6-17-22-19-10)7-21-11-5-3-2-4-9(11)13(14,15)16/h2-6,8H,7H2,1H3,(H,18,20). The van der Waals surface area contributed by atoms with Crippen LogP contribution in [0.3, 0.4) is 0 Å². The number of carbonyl (C=O) groups is 1. The minimum Gasteiger partial charge on any atom is -0.491 e. The van der Waals surface area contributed by atoms with E-state index in [0.717, 1.165) is 17.8 Å². The lowest BCUT2D eigenvalue weighted by Crippen LogP contribution is -2.37. The van der Waals surface area contributed by atoms with E-state index >= 15 is 0 Å². The molecule has 118 valence electrons. The molecule has 0 bridgehead atoms. The summed E-state index contributed by atoms with van der Waals surface area (Å²) < 4.78 is 51.0. The van der Waals surface area contributed by atoms with E-state index < -0.39 is 23.7 Å². The fraction of sp³-hybridized carbons (Fsp3) is 0.308. The molecule has 0 saturated carbocycles. The lowest BCUT2D eigenvalue weighted by Gasteiger charge is -2.17. The summed E-state index contributed by atoms with van der Waals surface area (Å²) in [6.45, 7) is 1.52. The average molecular weight is 331 g/mol. The Morgan fingerprint density at radius 2 is 2.14 bits per heavy atom. The second kappa shape index (κ2) is 6.73. The number of amides is 1. The van der Waals surface area contributed by atoms with E-state index in [1.54, 1.807) is 6.92 Å². The zero-order valence-electron chi connectivity index (χ0n) is 11.4. The molecule has 0 aliphatic carbocycles. The first-order valence-corrected chi connectivity index (χ1v) is 6.98. The van der Waals surface area contributed by atoms with Gasteiger partial charge in [0.2, 0.25) is 0 Å². The minimum atomic E-state index is -4.49. The van der Waals surface area contributed by atoms with E-state index in [9.17, 15) is 18.0 Å². The molecule has 1 amide bonds. The Hall–Kier alpha value is -2.16. The first-order chi connectivity index (χ1) is 10.4. The molecule has 0 fully saturated rings. The van der Waals surface area contributed by atoms with Gasteiger partial charge >= 0.3 is 6.18 Å². The third-order valence-corrected chi connectivity index (χ3v) is 3.13. The lowest BCUT2D eigenvalue weighted by atomic mass is 10.2. The fourth-order valence-corrected chi connectivity index (χ4v) is 2.06. The number of halogens is 3. The molecule has 2 rings (SSSR count). The summed E-state index contributed by atoms with van der Waals surface area (Å²) in [5.41, 5.74) is -0.690. The normalized spacial score (nSPS) is 12.7. The van der Waals surface area contributed by atoms with Crippen molar-refractivity contribution in [1.82, 2.24) is 14.1 Å². The number of hydrogen-bond donors (Lipinski definition) is 1. The summed E-state index contributed by atoms with van der Waals surface area (Å²) in [6, 6.07) is 4.43. The summed E-state index contributed by atoms with van der Waals surface area (Å²) in [6.07, 6.45) is -3.18. The monoisotopic (exact) mass is 331 g/mol. The molecule has 0 saturated heterocycles. The zero-order valence-corrected chi connectivity index (χ0v) is 12.2. The maximum atomic E-state index is 12.8. The zero-order chi connectivity index (χ0) is 16.2. The second-order valence-electron chi connectivity index (χ2n) is 4.47. The fourth-order valence-electron chi connectivity index (χ4n) is 1.65. The first kappa shape index (κ1) is 16.2. The highest BCUT2D eigenvalue weighted by molar-refractivity contribution is 6.99. The summed E-state index contributed by atoms with van der Waals surface area (Å²) in [7, 11) is 0. The predicted molar refractivity (Wildman–Crippen MR) is 73.8 cm³/mol. The molecular formula is C13H12F3N3O2S. The molecule has 0 radical (unpaired) electrons. The first-order valence-electron chi connectivity index (χ1n) is 6.25. The Morgan fingerprint density at radius 3 is 2.77 bits per heavy atom. The van der Waals surface area contributed by atoms with Crippen molar-refractivity contribution in [1.29, 1.82) is 0 Å². The largest absolute Gasteiger partial charge is 0.491 e. The van der Waals surface area contributed by atoms with E-state index in [1.165, 1.54) is 24.4 Å². The summed E-state index contributed by atoms with van der Waals surface area (Å²) in [5.74, 6) is -0.722. The van der Waals surface area contributed by atoms with Crippen molar-refractivity contribution >= 4 is 17.6 Å². The Kier molecular flexibility index (Phi) is 4.96. The number of alkyl halides is 3. The van der Waals surface area contributed by atoms with Crippen LogP contribution in [0.5, 0.6) is 5.75 Å². The maximum absolute atomic E-state index is 12.8. The second-order valence-corrected chi connectivity index (χ2v) is 5.03. The van der Waals surface area contributed by atoms with Crippen LogP contribution in [0.15, 0.2) is 30.5 Å². The Morgan fingerprint density at radius 1 is 1.41 bits per heavy atom. The van der Waals surface area contributed by atoms with Gasteiger partial charge in [-0.15, -0.1) is 0 Å². The molecule has 1 heterocycles. The number of ether oxygens (including phenoxy) is 1. The number of rotatable bonds is 5. The maximum Gasteiger partial charge on any atom is 0.419 e. The van der Waals surface area contributed by atoms with Crippen LogP contribution < -0.4 is 10.1 Å². The van der Waals surface area contributed by atoms with Gasteiger partial charge in [-0.2, -0.15) is 21.9 Å². The lowest BCUT2D eigenvalue weighted by molar-refractivity contribution is -0.139. The third-order valence-electron chi connectivity index (χ3n) is 2.65. The van der Waals surface area contributed by atoms with Gasteiger partial charge in [0.05, 0.1) is 29.5 Å². The molecule has 5 nitrogen and oxygen atoms in total. The van der Waals surface area contributed by atoms with Gasteiger partial charge in [0.1, 0.15) is 12.4 Å². The van der Waals surface area contributed by atoms with E-state index in [2.05, 4.69) is 14.1 Å². The van der Waals surface area contributed by atoms with E-state index in [4.69, 9.17) is 4.74 Å². The Bertz CT molecular complexity index is 632. The number of benzene rings is 1. The molecule has 0 aliphatic rings. The van der Waals surface area contributed by atoms with Gasteiger partial charge in [-0.05, 0) is 19.1 Å². The van der Waals surface area contributed by atoms with Gasteiger partial charge in [-0.1, -0.05) is 12.1 Å². The van der Waals surface area contributed by atoms with E-state index in [0.29, 0.717) is 0 Å². The number of carbonyl (C=O) groups excluding carboxylic acids is 1. The predicted octanol–water partition coefficient (Wildman–Crippen LogP) is 2.75. The van der Waals surface area contributed by atoms with E-state index in [-0.39, 0.29) is 18.1 Å². The highest BCUT2D eigenvalue weighted by Gasteiger charge is 2.34. The number of para-hydroxylation sites is 1. The van der Waals surface area contributed by atoms with E-state index in [1.807, 2.05) is 0 Å². The molecule has 1 atom stereocenters. The molecule has 1 aromatic heterocycles. The van der Waals surface area contributed by atoms with Crippen LogP contribution in [0, 0.1) is 0 Å². The SMILES string of the molecule is CC(COc1ccccc1C(F)(F)F)NC(=O)c1cnsn1. The van der Waals surface area contributed by atoms with Crippen LogP contribution in [-0.2, 0) is 6.18 Å². The molecule has 9 heteroatoms. The van der Waals surface area contributed by atoms with Gasteiger partial charge in [0, 0.05) is 0 Å². The number of nitrogens with one attached hydrogen (secondary N) is 1. The molecule has 0 aliphatic heterocycles. The quantitative estimate of drug-likeness (QED) is 0.915. The van der Waals surface area contributed by atoms with Crippen molar-refractivity contribution in [2.24, 2.45) is 0 Å². The van der Waals surface area contributed by atoms with Crippen LogP contribution in [-0.4, -0.2) is 27.3 Å². The van der Waals surface area contributed by atoms with Crippen LogP contribution in [0.4, 0.5) is 13.2 Å². The van der Waals surface area contributed by atoms with Crippen LogP contribution in [0.2, 0.25) is 0 Å². The highest BCUT2D eigenvalue weighted by Crippen LogP contribution is 2.35. The molecule has 1 N–H and O–H groups in total. The molecular weight excluding hydrogens is 319 g/mol. The molecule has 22 heavy (non-hydrogen) atoms. The van der Waals surface area contributed by atoms with Gasteiger partial charge in [0.25, 0.3) is 5.91 Å². The Labute approximate surface area is 128 Å². The Balaban J connectivity index is 1.94. The van der Waals surface area contributed by atoms with Gasteiger partial charge in [-0.3, -0.25) is 4.79 Å².